The standard InChI is InChI=1S/C16H21NO3/c1-3-11-20-15-7-5-6-14-13(15)8-9-17(16(14)18)10-12-19-4-2/h5-9H,3-4,10-12H2,1-2H3. The highest BCUT2D eigenvalue weighted by atomic mass is 16.5. The first kappa shape index (κ1) is 14.6. The van der Waals surface area contributed by atoms with Crippen LogP contribution >= 0.6 is 0 Å². The molecule has 0 aliphatic carbocycles. The maximum Gasteiger partial charge on any atom is 0.258 e. The van der Waals surface area contributed by atoms with Crippen LogP contribution in [0.5, 0.6) is 5.75 Å². The van der Waals surface area contributed by atoms with Crippen LogP contribution in [-0.4, -0.2) is 24.4 Å². The summed E-state index contributed by atoms with van der Waals surface area (Å²) in [6.07, 6.45) is 2.75. The number of pyridine rings is 1. The first-order valence-electron chi connectivity index (χ1n) is 7.10. The molecule has 0 aliphatic heterocycles. The fourth-order valence-electron chi connectivity index (χ4n) is 2.11. The zero-order chi connectivity index (χ0) is 14.4. The van der Waals surface area contributed by atoms with E-state index >= 15 is 0 Å². The van der Waals surface area contributed by atoms with Crippen molar-refractivity contribution in [3.8, 4) is 5.75 Å². The van der Waals surface area contributed by atoms with Gasteiger partial charge < -0.3 is 14.0 Å². The van der Waals surface area contributed by atoms with Crippen molar-refractivity contribution in [2.75, 3.05) is 19.8 Å². The Hall–Kier alpha value is -1.81. The summed E-state index contributed by atoms with van der Waals surface area (Å²) in [4.78, 5) is 12.4. The third-order valence-electron chi connectivity index (χ3n) is 3.12. The Morgan fingerprint density at radius 3 is 2.70 bits per heavy atom. The lowest BCUT2D eigenvalue weighted by Crippen LogP contribution is -2.22. The second kappa shape index (κ2) is 7.10. The molecule has 2 rings (SSSR count). The van der Waals surface area contributed by atoms with Crippen LogP contribution in [0.15, 0.2) is 35.3 Å². The minimum atomic E-state index is 0.00384. The van der Waals surface area contributed by atoms with Gasteiger partial charge >= 0.3 is 0 Å². The molecule has 1 heterocycles. The van der Waals surface area contributed by atoms with Gasteiger partial charge in [-0.2, -0.15) is 0 Å². The molecule has 108 valence electrons. The van der Waals surface area contributed by atoms with Crippen molar-refractivity contribution >= 4 is 10.8 Å². The summed E-state index contributed by atoms with van der Waals surface area (Å²) in [5.74, 6) is 0.776. The second-order valence-electron chi connectivity index (χ2n) is 4.58. The molecule has 1 aromatic carbocycles. The third-order valence-corrected chi connectivity index (χ3v) is 3.12. The van der Waals surface area contributed by atoms with Gasteiger partial charge in [-0.1, -0.05) is 13.0 Å². The molecular formula is C16H21NO3. The zero-order valence-corrected chi connectivity index (χ0v) is 12.1. The molecule has 20 heavy (non-hydrogen) atoms. The summed E-state index contributed by atoms with van der Waals surface area (Å²) in [5, 5.41) is 1.57. The minimum Gasteiger partial charge on any atom is -0.493 e. The van der Waals surface area contributed by atoms with Crippen molar-refractivity contribution in [1.29, 1.82) is 0 Å². The predicted molar refractivity (Wildman–Crippen MR) is 80.5 cm³/mol. The normalized spacial score (nSPS) is 10.9. The van der Waals surface area contributed by atoms with Crippen LogP contribution in [0, 0.1) is 0 Å². The maximum absolute atomic E-state index is 12.4. The average Bonchev–Trinajstić information content (AvgIpc) is 2.48. The zero-order valence-electron chi connectivity index (χ0n) is 12.1. The van der Waals surface area contributed by atoms with Crippen molar-refractivity contribution in [1.82, 2.24) is 4.57 Å². The van der Waals surface area contributed by atoms with E-state index in [1.54, 1.807) is 4.57 Å². The van der Waals surface area contributed by atoms with Crippen molar-refractivity contribution in [3.63, 3.8) is 0 Å². The number of benzene rings is 1. The van der Waals surface area contributed by atoms with Crippen LogP contribution in [-0.2, 0) is 11.3 Å². The molecule has 4 nitrogen and oxygen atoms in total. The summed E-state index contributed by atoms with van der Waals surface area (Å²) in [6, 6.07) is 7.55. The Labute approximate surface area is 118 Å². The van der Waals surface area contributed by atoms with E-state index in [2.05, 4.69) is 6.92 Å². The Morgan fingerprint density at radius 1 is 1.10 bits per heavy atom. The molecular weight excluding hydrogens is 254 g/mol. The Bertz CT molecular complexity index is 619. The smallest absolute Gasteiger partial charge is 0.258 e. The minimum absolute atomic E-state index is 0.00384. The Kier molecular flexibility index (Phi) is 5.18. The fourth-order valence-corrected chi connectivity index (χ4v) is 2.11. The quantitative estimate of drug-likeness (QED) is 0.730. The number of hydrogen-bond acceptors (Lipinski definition) is 3. The van der Waals surface area contributed by atoms with Crippen LogP contribution in [0.25, 0.3) is 10.8 Å². The number of fused-ring (bicyclic) bond motifs is 1. The SMILES string of the molecule is CCCOc1cccc2c(=O)n(CCOCC)ccc12. The van der Waals surface area contributed by atoms with Crippen LogP contribution in [0.2, 0.25) is 0 Å². The van der Waals surface area contributed by atoms with E-state index in [9.17, 15) is 4.79 Å². The highest BCUT2D eigenvalue weighted by Crippen LogP contribution is 2.23. The summed E-state index contributed by atoms with van der Waals surface area (Å²) < 4.78 is 12.7. The molecule has 0 radical (unpaired) electrons. The molecule has 0 bridgehead atoms. The van der Waals surface area contributed by atoms with Gasteiger partial charge in [0.15, 0.2) is 0 Å². The largest absolute Gasteiger partial charge is 0.493 e. The van der Waals surface area contributed by atoms with Gasteiger partial charge in [-0.05, 0) is 31.5 Å². The van der Waals surface area contributed by atoms with E-state index in [0.717, 1.165) is 17.6 Å². The number of nitrogens with zero attached hydrogens (tertiary/aromatic N) is 1. The molecule has 0 unspecified atom stereocenters. The monoisotopic (exact) mass is 275 g/mol. The second-order valence-corrected chi connectivity index (χ2v) is 4.58. The van der Waals surface area contributed by atoms with Crippen LogP contribution < -0.4 is 10.3 Å². The van der Waals surface area contributed by atoms with Gasteiger partial charge in [0.2, 0.25) is 0 Å². The number of ether oxygens (including phenoxy) is 2. The molecule has 1 aromatic heterocycles. The molecule has 0 N–H and O–H groups in total. The Balaban J connectivity index is 2.33. The van der Waals surface area contributed by atoms with Gasteiger partial charge in [0.1, 0.15) is 5.75 Å². The lowest BCUT2D eigenvalue weighted by molar-refractivity contribution is 0.138. The van der Waals surface area contributed by atoms with E-state index in [1.165, 1.54) is 0 Å². The highest BCUT2D eigenvalue weighted by molar-refractivity contribution is 5.87. The van der Waals surface area contributed by atoms with Gasteiger partial charge in [0, 0.05) is 24.7 Å². The summed E-state index contributed by atoms with van der Waals surface area (Å²) >= 11 is 0. The first-order valence-corrected chi connectivity index (χ1v) is 7.10. The summed E-state index contributed by atoms with van der Waals surface area (Å²) in [7, 11) is 0. The molecule has 2 aromatic rings. The van der Waals surface area contributed by atoms with Gasteiger partial charge in [0.25, 0.3) is 5.56 Å². The van der Waals surface area contributed by atoms with Crippen molar-refractivity contribution in [3.05, 3.63) is 40.8 Å². The molecule has 0 atom stereocenters. The lowest BCUT2D eigenvalue weighted by atomic mass is 10.1. The summed E-state index contributed by atoms with van der Waals surface area (Å²) in [6.45, 7) is 6.45. The molecule has 0 amide bonds. The topological polar surface area (TPSA) is 40.5 Å². The molecule has 0 saturated carbocycles. The predicted octanol–water partition coefficient (Wildman–Crippen LogP) is 2.83. The highest BCUT2D eigenvalue weighted by Gasteiger charge is 2.07. The number of hydrogen-bond donors (Lipinski definition) is 0. The van der Waals surface area contributed by atoms with E-state index in [0.29, 0.717) is 31.8 Å². The van der Waals surface area contributed by atoms with E-state index in [1.807, 2.05) is 37.4 Å². The molecule has 0 saturated heterocycles. The van der Waals surface area contributed by atoms with Gasteiger partial charge in [0.05, 0.1) is 18.6 Å². The lowest BCUT2D eigenvalue weighted by Gasteiger charge is -2.11. The van der Waals surface area contributed by atoms with Crippen molar-refractivity contribution in [2.45, 2.75) is 26.8 Å². The van der Waals surface area contributed by atoms with E-state index in [4.69, 9.17) is 9.47 Å². The first-order chi connectivity index (χ1) is 9.77. The van der Waals surface area contributed by atoms with Gasteiger partial charge in [-0.25, -0.2) is 0 Å². The molecule has 0 aliphatic rings. The van der Waals surface area contributed by atoms with E-state index in [-0.39, 0.29) is 5.56 Å². The molecule has 4 heteroatoms. The van der Waals surface area contributed by atoms with Crippen molar-refractivity contribution < 1.29 is 9.47 Å². The molecule has 0 spiro atoms. The average molecular weight is 275 g/mol. The van der Waals surface area contributed by atoms with Crippen molar-refractivity contribution in [2.24, 2.45) is 0 Å². The van der Waals surface area contributed by atoms with Crippen LogP contribution in [0.3, 0.4) is 0 Å². The van der Waals surface area contributed by atoms with E-state index < -0.39 is 0 Å². The number of rotatable bonds is 7. The third kappa shape index (κ3) is 3.20. The number of aromatic nitrogens is 1. The summed E-state index contributed by atoms with van der Waals surface area (Å²) in [5.41, 5.74) is 0.00384. The Morgan fingerprint density at radius 2 is 1.95 bits per heavy atom. The van der Waals surface area contributed by atoms with Gasteiger partial charge in [-0.15, -0.1) is 0 Å². The maximum atomic E-state index is 12.4. The van der Waals surface area contributed by atoms with Crippen LogP contribution in [0.4, 0.5) is 0 Å². The fraction of sp³-hybridized carbons (Fsp3) is 0.438. The van der Waals surface area contributed by atoms with Crippen LogP contribution in [0.1, 0.15) is 20.3 Å². The van der Waals surface area contributed by atoms with Gasteiger partial charge in [-0.3, -0.25) is 4.79 Å². The molecule has 0 fully saturated rings.